The molecular weight excluding hydrogens is 274 g/mol. The van der Waals surface area contributed by atoms with Crippen LogP contribution in [0, 0.1) is 11.3 Å². The average molecular weight is 295 g/mol. The summed E-state index contributed by atoms with van der Waals surface area (Å²) in [5, 5.41) is 9.66. The molecule has 0 spiro atoms. The van der Waals surface area contributed by atoms with Crippen molar-refractivity contribution in [1.82, 2.24) is 0 Å². The molecule has 2 rings (SSSR count). The third-order valence-electron chi connectivity index (χ3n) is 4.00. The Bertz CT molecular complexity index is 626. The van der Waals surface area contributed by atoms with E-state index >= 15 is 0 Å². The molecule has 0 bridgehead atoms. The predicted molar refractivity (Wildman–Crippen MR) is 87.4 cm³/mol. The van der Waals surface area contributed by atoms with E-state index in [-0.39, 0.29) is 11.8 Å². The summed E-state index contributed by atoms with van der Waals surface area (Å²) in [6.45, 7) is 2.11. The van der Waals surface area contributed by atoms with Gasteiger partial charge in [-0.25, -0.2) is 0 Å². The number of hydrogen-bond acceptors (Lipinski definition) is 3. The fraction of sp³-hybridized carbons (Fsp3) is 0.316. The molecule has 2 aromatic carbocycles. The number of ether oxygens (including phenoxy) is 2. The van der Waals surface area contributed by atoms with Gasteiger partial charge in [-0.1, -0.05) is 31.2 Å². The predicted octanol–water partition coefficient (Wildman–Crippen LogP) is 4.50. The highest BCUT2D eigenvalue weighted by molar-refractivity contribution is 5.38. The van der Waals surface area contributed by atoms with Crippen LogP contribution in [-0.4, -0.2) is 14.2 Å². The number of benzene rings is 2. The third kappa shape index (κ3) is 3.40. The first-order chi connectivity index (χ1) is 10.7. The van der Waals surface area contributed by atoms with Crippen LogP contribution in [0.15, 0.2) is 48.5 Å². The van der Waals surface area contributed by atoms with Crippen molar-refractivity contribution in [3.05, 3.63) is 59.7 Å². The molecule has 0 radical (unpaired) electrons. The lowest BCUT2D eigenvalue weighted by Crippen LogP contribution is -2.09. The third-order valence-corrected chi connectivity index (χ3v) is 4.00. The molecule has 0 fully saturated rings. The van der Waals surface area contributed by atoms with Gasteiger partial charge in [0.15, 0.2) is 0 Å². The molecule has 0 amide bonds. The normalized spacial score (nSPS) is 13.0. The van der Waals surface area contributed by atoms with Gasteiger partial charge in [-0.3, -0.25) is 0 Å². The van der Waals surface area contributed by atoms with E-state index in [0.717, 1.165) is 29.0 Å². The zero-order chi connectivity index (χ0) is 15.9. The fourth-order valence-electron chi connectivity index (χ4n) is 2.72. The molecule has 0 N–H and O–H groups in total. The van der Waals surface area contributed by atoms with Gasteiger partial charge in [0, 0.05) is 5.92 Å². The second-order valence-corrected chi connectivity index (χ2v) is 5.17. The van der Waals surface area contributed by atoms with Crippen LogP contribution in [0.25, 0.3) is 0 Å². The Hall–Kier alpha value is -2.47. The number of nitrogens with zero attached hydrogens (tertiary/aromatic N) is 1. The molecule has 0 heterocycles. The Morgan fingerprint density at radius 1 is 0.864 bits per heavy atom. The quantitative estimate of drug-likeness (QED) is 0.787. The van der Waals surface area contributed by atoms with Gasteiger partial charge >= 0.3 is 0 Å². The highest BCUT2D eigenvalue weighted by atomic mass is 16.5. The van der Waals surface area contributed by atoms with Crippen LogP contribution in [0.3, 0.4) is 0 Å². The van der Waals surface area contributed by atoms with Gasteiger partial charge in [0.2, 0.25) is 0 Å². The molecule has 0 unspecified atom stereocenters. The van der Waals surface area contributed by atoms with Crippen LogP contribution >= 0.6 is 0 Å². The molecular formula is C19H21NO2. The van der Waals surface area contributed by atoms with E-state index in [0.29, 0.717) is 0 Å². The molecule has 0 aliphatic carbocycles. The van der Waals surface area contributed by atoms with Crippen molar-refractivity contribution in [1.29, 1.82) is 5.26 Å². The van der Waals surface area contributed by atoms with Gasteiger partial charge in [-0.2, -0.15) is 5.26 Å². The van der Waals surface area contributed by atoms with Gasteiger partial charge in [0.05, 0.1) is 26.2 Å². The molecule has 0 saturated heterocycles. The van der Waals surface area contributed by atoms with Crippen LogP contribution in [0.1, 0.15) is 36.3 Å². The van der Waals surface area contributed by atoms with Crippen LogP contribution in [0.5, 0.6) is 11.5 Å². The summed E-state index contributed by atoms with van der Waals surface area (Å²) in [5.41, 5.74) is 2.18. The van der Waals surface area contributed by atoms with Gasteiger partial charge in [-0.15, -0.1) is 0 Å². The number of hydrogen-bond donors (Lipinski definition) is 0. The van der Waals surface area contributed by atoms with Crippen molar-refractivity contribution in [2.75, 3.05) is 14.2 Å². The first-order valence-corrected chi connectivity index (χ1v) is 7.41. The highest BCUT2D eigenvalue weighted by Gasteiger charge is 2.23. The van der Waals surface area contributed by atoms with Crippen molar-refractivity contribution >= 4 is 0 Å². The first kappa shape index (κ1) is 15.9. The van der Waals surface area contributed by atoms with E-state index in [1.165, 1.54) is 0 Å². The van der Waals surface area contributed by atoms with Gasteiger partial charge in [0.25, 0.3) is 0 Å². The minimum Gasteiger partial charge on any atom is -0.497 e. The molecule has 0 saturated carbocycles. The van der Waals surface area contributed by atoms with Crippen molar-refractivity contribution < 1.29 is 9.47 Å². The average Bonchev–Trinajstić information content (AvgIpc) is 2.60. The molecule has 2 atom stereocenters. The summed E-state index contributed by atoms with van der Waals surface area (Å²) in [4.78, 5) is 0. The minimum atomic E-state index is -0.177. The van der Waals surface area contributed by atoms with Gasteiger partial charge in [-0.05, 0) is 41.8 Å². The Morgan fingerprint density at radius 3 is 1.68 bits per heavy atom. The van der Waals surface area contributed by atoms with E-state index < -0.39 is 0 Å². The zero-order valence-corrected chi connectivity index (χ0v) is 13.2. The molecule has 0 aliphatic rings. The standard InChI is InChI=1S/C19H21NO2/c1-4-18(14-5-9-16(21-2)10-6-14)19(13-20)15-7-11-17(22-3)12-8-15/h5-12,18-19H,4H2,1-3H3/t18-,19-/m0/s1. The molecule has 0 aliphatic heterocycles. The summed E-state index contributed by atoms with van der Waals surface area (Å²) in [7, 11) is 3.30. The van der Waals surface area contributed by atoms with Gasteiger partial charge in [0.1, 0.15) is 11.5 Å². The topological polar surface area (TPSA) is 42.2 Å². The number of nitriles is 1. The minimum absolute atomic E-state index is 0.157. The monoisotopic (exact) mass is 295 g/mol. The SMILES string of the molecule is CC[C@@H](c1ccc(OC)cc1)[C@@H](C#N)c1ccc(OC)cc1. The van der Waals surface area contributed by atoms with Crippen LogP contribution in [0.4, 0.5) is 0 Å². The van der Waals surface area contributed by atoms with Crippen LogP contribution < -0.4 is 9.47 Å². The smallest absolute Gasteiger partial charge is 0.118 e. The maximum atomic E-state index is 9.66. The second kappa shape index (κ2) is 7.51. The maximum absolute atomic E-state index is 9.66. The van der Waals surface area contributed by atoms with E-state index in [1.54, 1.807) is 14.2 Å². The van der Waals surface area contributed by atoms with Crippen molar-refractivity contribution in [3.8, 4) is 17.6 Å². The summed E-state index contributed by atoms with van der Waals surface area (Å²) >= 11 is 0. The molecule has 2 aromatic rings. The van der Waals surface area contributed by atoms with E-state index in [9.17, 15) is 5.26 Å². The molecule has 3 nitrogen and oxygen atoms in total. The molecule has 22 heavy (non-hydrogen) atoms. The van der Waals surface area contributed by atoms with Gasteiger partial charge < -0.3 is 9.47 Å². The summed E-state index contributed by atoms with van der Waals surface area (Å²) in [5.74, 6) is 1.61. The van der Waals surface area contributed by atoms with Crippen LogP contribution in [-0.2, 0) is 0 Å². The fourth-order valence-corrected chi connectivity index (χ4v) is 2.72. The first-order valence-electron chi connectivity index (χ1n) is 7.41. The summed E-state index contributed by atoms with van der Waals surface area (Å²) < 4.78 is 10.4. The van der Waals surface area contributed by atoms with Crippen molar-refractivity contribution in [3.63, 3.8) is 0 Å². The lowest BCUT2D eigenvalue weighted by atomic mass is 9.80. The largest absolute Gasteiger partial charge is 0.497 e. The van der Waals surface area contributed by atoms with E-state index in [2.05, 4.69) is 13.0 Å². The lowest BCUT2D eigenvalue weighted by molar-refractivity contribution is 0.414. The van der Waals surface area contributed by atoms with E-state index in [1.807, 2.05) is 48.5 Å². The number of rotatable bonds is 6. The Kier molecular flexibility index (Phi) is 5.43. The Balaban J connectivity index is 2.30. The second-order valence-electron chi connectivity index (χ2n) is 5.17. The Labute approximate surface area is 132 Å². The molecule has 3 heteroatoms. The molecule has 0 aromatic heterocycles. The van der Waals surface area contributed by atoms with E-state index in [4.69, 9.17) is 9.47 Å². The lowest BCUT2D eigenvalue weighted by Gasteiger charge is -2.22. The number of methoxy groups -OCH3 is 2. The van der Waals surface area contributed by atoms with Crippen LogP contribution in [0.2, 0.25) is 0 Å². The zero-order valence-electron chi connectivity index (χ0n) is 13.2. The summed E-state index contributed by atoms with van der Waals surface area (Å²) in [6.07, 6.45) is 0.899. The Morgan fingerprint density at radius 2 is 1.32 bits per heavy atom. The van der Waals surface area contributed by atoms with Crippen molar-refractivity contribution in [2.24, 2.45) is 0 Å². The highest BCUT2D eigenvalue weighted by Crippen LogP contribution is 2.36. The van der Waals surface area contributed by atoms with Crippen molar-refractivity contribution in [2.45, 2.75) is 25.2 Å². The maximum Gasteiger partial charge on any atom is 0.118 e. The summed E-state index contributed by atoms with van der Waals surface area (Å²) in [6, 6.07) is 18.2. The molecule has 114 valence electrons.